The summed E-state index contributed by atoms with van der Waals surface area (Å²) in [4.78, 5) is 2.40. The van der Waals surface area contributed by atoms with Gasteiger partial charge in [0.1, 0.15) is 11.5 Å². The Morgan fingerprint density at radius 2 is 0.714 bits per heavy atom. The van der Waals surface area contributed by atoms with E-state index in [9.17, 15) is 0 Å². The van der Waals surface area contributed by atoms with E-state index in [0.717, 1.165) is 56.4 Å². The van der Waals surface area contributed by atoms with E-state index in [1.54, 1.807) is 0 Å². The molecule has 11 aromatic rings. The van der Waals surface area contributed by atoms with Gasteiger partial charge in [0.05, 0.1) is 16.5 Å². The molecule has 11 aromatic carbocycles. The van der Waals surface area contributed by atoms with Crippen LogP contribution in [0.25, 0.3) is 44.5 Å². The van der Waals surface area contributed by atoms with E-state index < -0.39 is 10.8 Å². The lowest BCUT2D eigenvalue weighted by Crippen LogP contribution is -2.32. The molecular weight excluding hydrogens is 847 g/mol. The zero-order valence-electron chi connectivity index (χ0n) is 38.3. The van der Waals surface area contributed by atoms with Crippen LogP contribution in [0.3, 0.4) is 0 Å². The minimum Gasteiger partial charge on any atom is -0.457 e. The maximum Gasteiger partial charge on any atom is 0.134 e. The average molecular weight is 892 g/mol. The van der Waals surface area contributed by atoms with Crippen LogP contribution in [0.2, 0.25) is 0 Å². The molecule has 3 aliphatic rings. The molecule has 0 aromatic heterocycles. The summed E-state index contributed by atoms with van der Waals surface area (Å²) in [7, 11) is 0. The minimum absolute atomic E-state index is 0.474. The van der Waals surface area contributed by atoms with Crippen LogP contribution in [0.15, 0.2) is 273 Å². The number of nitrogens with zero attached hydrogens (tertiary/aromatic N) is 1. The standard InChI is InChI=1S/C68H45NO/c1-4-20-47(21-5-1)53-26-13-18-34-64(53)69(52-41-43-62-66(45-52)70-65-35-19-17-33-61(65)68(62)59-31-15-11-27-54(59)55-28-12-16-32-60(55)68)51-39-36-46(37-40-51)48-38-42-57-56-29-10-14-30-58(56)67(63(57)44-48,49-22-6-2-7-23-49)50-24-8-3-9-25-50/h1-45H. The zero-order chi connectivity index (χ0) is 46.2. The average Bonchev–Trinajstić information content (AvgIpc) is 3.91. The van der Waals surface area contributed by atoms with Gasteiger partial charge in [-0.2, -0.15) is 0 Å². The van der Waals surface area contributed by atoms with Crippen molar-refractivity contribution in [2.24, 2.45) is 0 Å². The molecule has 14 rings (SSSR count). The Bertz CT molecular complexity index is 3720. The van der Waals surface area contributed by atoms with Gasteiger partial charge in [-0.25, -0.2) is 0 Å². The highest BCUT2D eigenvalue weighted by Gasteiger charge is 2.51. The summed E-state index contributed by atoms with van der Waals surface area (Å²) in [6, 6.07) is 100.0. The van der Waals surface area contributed by atoms with E-state index in [0.29, 0.717) is 0 Å². The lowest BCUT2D eigenvalue weighted by atomic mass is 9.66. The fourth-order valence-electron chi connectivity index (χ4n) is 12.4. The molecule has 2 aliphatic carbocycles. The van der Waals surface area contributed by atoms with Crippen molar-refractivity contribution in [1.82, 2.24) is 0 Å². The molecule has 2 heteroatoms. The van der Waals surface area contributed by atoms with Gasteiger partial charge in [-0.15, -0.1) is 0 Å². The first-order valence-corrected chi connectivity index (χ1v) is 24.2. The summed E-state index contributed by atoms with van der Waals surface area (Å²) in [6.45, 7) is 0. The smallest absolute Gasteiger partial charge is 0.134 e. The monoisotopic (exact) mass is 891 g/mol. The molecule has 2 nitrogen and oxygen atoms in total. The van der Waals surface area contributed by atoms with Gasteiger partial charge in [-0.3, -0.25) is 0 Å². The summed E-state index contributed by atoms with van der Waals surface area (Å²) in [5, 5.41) is 0. The van der Waals surface area contributed by atoms with Gasteiger partial charge in [-0.1, -0.05) is 231 Å². The predicted octanol–water partition coefficient (Wildman–Crippen LogP) is 17.3. The van der Waals surface area contributed by atoms with Gasteiger partial charge in [0.15, 0.2) is 0 Å². The van der Waals surface area contributed by atoms with Crippen LogP contribution in [-0.2, 0) is 10.8 Å². The van der Waals surface area contributed by atoms with Gasteiger partial charge >= 0.3 is 0 Å². The van der Waals surface area contributed by atoms with Crippen molar-refractivity contribution >= 4 is 17.1 Å². The molecule has 0 saturated carbocycles. The second-order valence-electron chi connectivity index (χ2n) is 18.7. The van der Waals surface area contributed by atoms with E-state index in [-0.39, 0.29) is 0 Å². The highest BCUT2D eigenvalue weighted by molar-refractivity contribution is 5.93. The second-order valence-corrected chi connectivity index (χ2v) is 18.7. The number of benzene rings is 11. The fraction of sp³-hybridized carbons (Fsp3) is 0.0294. The van der Waals surface area contributed by atoms with Crippen molar-refractivity contribution in [3.8, 4) is 56.0 Å². The highest BCUT2D eigenvalue weighted by atomic mass is 16.5. The van der Waals surface area contributed by atoms with Crippen LogP contribution in [-0.4, -0.2) is 0 Å². The number of rotatable bonds is 7. The molecule has 0 amide bonds. The van der Waals surface area contributed by atoms with E-state index >= 15 is 0 Å². The molecule has 1 spiro atoms. The molecule has 1 heterocycles. The third-order valence-corrected chi connectivity index (χ3v) is 15.2. The van der Waals surface area contributed by atoms with E-state index in [1.807, 2.05) is 0 Å². The van der Waals surface area contributed by atoms with Gasteiger partial charge in [0.25, 0.3) is 0 Å². The van der Waals surface area contributed by atoms with Crippen molar-refractivity contribution in [2.75, 3.05) is 4.90 Å². The summed E-state index contributed by atoms with van der Waals surface area (Å²) in [5.74, 6) is 1.72. The van der Waals surface area contributed by atoms with Crippen molar-refractivity contribution in [2.45, 2.75) is 10.8 Å². The molecule has 0 atom stereocenters. The van der Waals surface area contributed by atoms with Gasteiger partial charge < -0.3 is 9.64 Å². The topological polar surface area (TPSA) is 12.5 Å². The summed E-state index contributed by atoms with van der Waals surface area (Å²) < 4.78 is 7.06. The largest absolute Gasteiger partial charge is 0.457 e. The Balaban J connectivity index is 0.936. The SMILES string of the molecule is c1ccc(-c2ccccc2N(c2ccc(-c3ccc4c(c3)C(c3ccccc3)(c3ccccc3)c3ccccc3-4)cc2)c2ccc3c(c2)Oc2ccccc2C32c3ccccc3-c3ccccc32)cc1. The van der Waals surface area contributed by atoms with Crippen LogP contribution in [0.1, 0.15) is 44.5 Å². The molecule has 0 radical (unpaired) electrons. The van der Waals surface area contributed by atoms with Crippen LogP contribution >= 0.6 is 0 Å². The number of fused-ring (bicyclic) bond motifs is 12. The van der Waals surface area contributed by atoms with Crippen LogP contribution in [0.4, 0.5) is 17.1 Å². The summed E-state index contributed by atoms with van der Waals surface area (Å²) in [5.41, 5.74) is 21.8. The first-order chi connectivity index (χ1) is 34.7. The lowest BCUT2D eigenvalue weighted by molar-refractivity contribution is 0.436. The quantitative estimate of drug-likeness (QED) is 0.158. The van der Waals surface area contributed by atoms with Crippen molar-refractivity contribution in [3.05, 3.63) is 317 Å². The maximum absolute atomic E-state index is 7.06. The van der Waals surface area contributed by atoms with Crippen LogP contribution in [0.5, 0.6) is 11.5 Å². The number of para-hydroxylation sites is 2. The zero-order valence-corrected chi connectivity index (χ0v) is 38.3. The van der Waals surface area contributed by atoms with Crippen molar-refractivity contribution in [1.29, 1.82) is 0 Å². The Morgan fingerprint density at radius 1 is 0.257 bits per heavy atom. The number of hydrogen-bond donors (Lipinski definition) is 0. The van der Waals surface area contributed by atoms with E-state index in [2.05, 4.69) is 278 Å². The third kappa shape index (κ3) is 5.74. The highest BCUT2D eigenvalue weighted by Crippen LogP contribution is 2.63. The first-order valence-electron chi connectivity index (χ1n) is 24.2. The summed E-state index contributed by atoms with van der Waals surface area (Å²) >= 11 is 0. The second kappa shape index (κ2) is 15.8. The maximum atomic E-state index is 7.06. The molecule has 0 N–H and O–H groups in total. The lowest BCUT2D eigenvalue weighted by Gasteiger charge is -2.40. The van der Waals surface area contributed by atoms with Gasteiger partial charge in [0.2, 0.25) is 0 Å². The van der Waals surface area contributed by atoms with E-state index in [4.69, 9.17) is 4.74 Å². The third-order valence-electron chi connectivity index (χ3n) is 15.2. The Hall–Kier alpha value is -8.98. The molecular formula is C68H45NO. The van der Waals surface area contributed by atoms with Gasteiger partial charge in [-0.05, 0) is 109 Å². The fourth-order valence-corrected chi connectivity index (χ4v) is 12.4. The van der Waals surface area contributed by atoms with Crippen LogP contribution in [0, 0.1) is 0 Å². The molecule has 0 unspecified atom stereocenters. The van der Waals surface area contributed by atoms with Crippen LogP contribution < -0.4 is 9.64 Å². The molecule has 0 fully saturated rings. The number of hydrogen-bond acceptors (Lipinski definition) is 2. The normalized spacial score (nSPS) is 13.8. The molecule has 70 heavy (non-hydrogen) atoms. The Labute approximate surface area is 409 Å². The van der Waals surface area contributed by atoms with Crippen molar-refractivity contribution in [3.63, 3.8) is 0 Å². The van der Waals surface area contributed by atoms with E-state index in [1.165, 1.54) is 61.2 Å². The summed E-state index contributed by atoms with van der Waals surface area (Å²) in [6.07, 6.45) is 0. The predicted molar refractivity (Wildman–Crippen MR) is 287 cm³/mol. The Morgan fingerprint density at radius 3 is 1.34 bits per heavy atom. The van der Waals surface area contributed by atoms with Gasteiger partial charge in [0, 0.05) is 34.1 Å². The molecule has 0 bridgehead atoms. The molecule has 1 aliphatic heterocycles. The number of ether oxygens (including phenoxy) is 1. The number of anilines is 3. The minimum atomic E-state index is -0.542. The molecule has 0 saturated heterocycles. The molecule has 328 valence electrons. The van der Waals surface area contributed by atoms with Crippen molar-refractivity contribution < 1.29 is 4.74 Å². The first kappa shape index (κ1) is 40.1. The Kier molecular flexibility index (Phi) is 9.06.